The summed E-state index contributed by atoms with van der Waals surface area (Å²) >= 11 is 6.44. The van der Waals surface area contributed by atoms with Crippen LogP contribution < -0.4 is 15.0 Å². The Kier molecular flexibility index (Phi) is 4.65. The Balaban J connectivity index is 1.68. The maximum Gasteiger partial charge on any atom is 0.329 e. The molecule has 142 valence electrons. The van der Waals surface area contributed by atoms with Crippen LogP contribution in [-0.4, -0.2) is 12.3 Å². The van der Waals surface area contributed by atoms with Gasteiger partial charge in [0, 0.05) is 5.56 Å². The molecule has 0 aliphatic carbocycles. The number of fused-ring (bicyclic) bond motifs is 1. The van der Waals surface area contributed by atoms with Crippen LogP contribution in [0.15, 0.2) is 60.7 Å². The van der Waals surface area contributed by atoms with Crippen molar-refractivity contribution < 1.29 is 18.3 Å². The van der Waals surface area contributed by atoms with Crippen LogP contribution in [0.2, 0.25) is 5.02 Å². The summed E-state index contributed by atoms with van der Waals surface area (Å²) in [6.07, 6.45) is -0.674. The molecule has 0 radical (unpaired) electrons. The summed E-state index contributed by atoms with van der Waals surface area (Å²) in [7, 11) is 0. The van der Waals surface area contributed by atoms with Crippen molar-refractivity contribution in [3.05, 3.63) is 77.3 Å². The van der Waals surface area contributed by atoms with Gasteiger partial charge in [0.15, 0.2) is 6.23 Å². The number of hydrogen-bond acceptors (Lipinski definition) is 2. The van der Waals surface area contributed by atoms with E-state index in [-0.39, 0.29) is 0 Å². The number of ether oxygens (including phenoxy) is 1. The molecule has 0 fully saturated rings. The maximum atomic E-state index is 13.9. The molecule has 4 rings (SSSR count). The number of nitrogens with one attached hydrogen (secondary N) is 1. The third-order valence-corrected chi connectivity index (χ3v) is 4.78. The standard InChI is InChI=1S/C21H15ClF2N2O2/c1-12-26(21(27)25-20-16(23)8-5-9-17(20)24)18-11-15(22)14(10-19(18)28-12)13-6-3-2-4-7-13/h2-12H,1H3,(H,25,27). The number of nitrogens with zero attached hydrogens (tertiary/aromatic N) is 1. The number of hydrogen-bond donors (Lipinski definition) is 1. The zero-order valence-corrected chi connectivity index (χ0v) is 15.5. The molecule has 1 atom stereocenters. The van der Waals surface area contributed by atoms with Crippen molar-refractivity contribution >= 4 is 29.0 Å². The second-order valence-electron chi connectivity index (χ2n) is 6.28. The van der Waals surface area contributed by atoms with Gasteiger partial charge in [-0.2, -0.15) is 0 Å². The van der Waals surface area contributed by atoms with Crippen molar-refractivity contribution in [1.82, 2.24) is 0 Å². The summed E-state index contributed by atoms with van der Waals surface area (Å²) in [6.45, 7) is 1.66. The van der Waals surface area contributed by atoms with Crippen molar-refractivity contribution in [1.29, 1.82) is 0 Å². The molecule has 1 N–H and O–H groups in total. The van der Waals surface area contributed by atoms with Crippen molar-refractivity contribution in [3.63, 3.8) is 0 Å². The summed E-state index contributed by atoms with van der Waals surface area (Å²) in [5.74, 6) is -1.27. The average molecular weight is 401 g/mol. The molecular formula is C21H15ClF2N2O2. The predicted molar refractivity (Wildman–Crippen MR) is 105 cm³/mol. The zero-order chi connectivity index (χ0) is 19.8. The molecule has 3 aromatic rings. The molecular weight excluding hydrogens is 386 g/mol. The van der Waals surface area contributed by atoms with Gasteiger partial charge in [0.1, 0.15) is 23.1 Å². The summed E-state index contributed by atoms with van der Waals surface area (Å²) in [5.41, 5.74) is 1.57. The number of para-hydroxylation sites is 1. The first-order valence-electron chi connectivity index (χ1n) is 8.55. The molecule has 1 unspecified atom stereocenters. The van der Waals surface area contributed by atoms with Gasteiger partial charge in [-0.05, 0) is 36.8 Å². The first-order chi connectivity index (χ1) is 13.5. The SMILES string of the molecule is CC1Oc2cc(-c3ccccc3)c(Cl)cc2N1C(=O)Nc1c(F)cccc1F. The highest BCUT2D eigenvalue weighted by molar-refractivity contribution is 6.34. The second-order valence-corrected chi connectivity index (χ2v) is 6.69. The lowest BCUT2D eigenvalue weighted by molar-refractivity contribution is 0.226. The fourth-order valence-corrected chi connectivity index (χ4v) is 3.42. The van der Waals surface area contributed by atoms with Crippen molar-refractivity contribution in [2.75, 3.05) is 10.2 Å². The lowest BCUT2D eigenvalue weighted by atomic mass is 10.0. The number of urea groups is 1. The van der Waals surface area contributed by atoms with E-state index in [1.807, 2.05) is 30.3 Å². The first-order valence-corrected chi connectivity index (χ1v) is 8.93. The fraction of sp³-hybridized carbons (Fsp3) is 0.0952. The number of rotatable bonds is 2. The number of anilines is 2. The van der Waals surface area contributed by atoms with Crippen molar-refractivity contribution in [2.24, 2.45) is 0 Å². The molecule has 7 heteroatoms. The van der Waals surface area contributed by atoms with Crippen molar-refractivity contribution in [3.8, 4) is 16.9 Å². The third-order valence-electron chi connectivity index (χ3n) is 4.47. The van der Waals surface area contributed by atoms with Crippen molar-refractivity contribution in [2.45, 2.75) is 13.2 Å². The quantitative estimate of drug-likeness (QED) is 0.568. The Morgan fingerprint density at radius 3 is 2.43 bits per heavy atom. The highest BCUT2D eigenvalue weighted by Gasteiger charge is 2.34. The molecule has 0 aromatic heterocycles. The third kappa shape index (κ3) is 3.16. The topological polar surface area (TPSA) is 41.6 Å². The lowest BCUT2D eigenvalue weighted by Crippen LogP contribution is -2.40. The van der Waals surface area contributed by atoms with Gasteiger partial charge in [-0.25, -0.2) is 13.6 Å². The van der Waals surface area contributed by atoms with E-state index in [4.69, 9.17) is 16.3 Å². The highest BCUT2D eigenvalue weighted by Crippen LogP contribution is 2.44. The normalized spacial score (nSPS) is 15.1. The summed E-state index contributed by atoms with van der Waals surface area (Å²) in [5, 5.41) is 2.70. The molecule has 0 saturated carbocycles. The Hall–Kier alpha value is -3.12. The summed E-state index contributed by atoms with van der Waals surface area (Å²) < 4.78 is 33.5. The van der Waals surface area contributed by atoms with E-state index in [1.165, 1.54) is 11.0 Å². The largest absolute Gasteiger partial charge is 0.468 e. The Bertz CT molecular complexity index is 1040. The highest BCUT2D eigenvalue weighted by atomic mass is 35.5. The van der Waals surface area contributed by atoms with E-state index in [9.17, 15) is 13.6 Å². The van der Waals surface area contributed by atoms with Gasteiger partial charge in [-0.1, -0.05) is 48.0 Å². The molecule has 0 spiro atoms. The van der Waals surface area contributed by atoms with Gasteiger partial charge < -0.3 is 10.1 Å². The minimum absolute atomic E-state index is 0.423. The zero-order valence-electron chi connectivity index (χ0n) is 14.7. The van der Waals surface area contributed by atoms with Gasteiger partial charge >= 0.3 is 6.03 Å². The number of halogens is 3. The molecule has 1 heterocycles. The molecule has 4 nitrogen and oxygen atoms in total. The Morgan fingerprint density at radius 1 is 1.07 bits per heavy atom. The number of benzene rings is 3. The fourth-order valence-electron chi connectivity index (χ4n) is 3.16. The van der Waals surface area contributed by atoms with Crippen LogP contribution in [0.3, 0.4) is 0 Å². The van der Waals surface area contributed by atoms with Crippen LogP contribution in [0.5, 0.6) is 5.75 Å². The number of carbonyl (C=O) groups is 1. The smallest absolute Gasteiger partial charge is 0.329 e. The summed E-state index contributed by atoms with van der Waals surface area (Å²) in [6, 6.07) is 15.5. The van der Waals surface area contributed by atoms with Crippen LogP contribution >= 0.6 is 11.6 Å². The second kappa shape index (κ2) is 7.13. The van der Waals surface area contributed by atoms with Crippen LogP contribution in [0.1, 0.15) is 6.92 Å². The van der Waals surface area contributed by atoms with E-state index < -0.39 is 29.6 Å². The van der Waals surface area contributed by atoms with Crippen LogP contribution in [0, 0.1) is 11.6 Å². The van der Waals surface area contributed by atoms with Gasteiger partial charge in [0.05, 0.1) is 10.7 Å². The van der Waals surface area contributed by atoms with Gasteiger partial charge in [-0.3, -0.25) is 4.90 Å². The number of carbonyl (C=O) groups excluding carboxylic acids is 1. The van der Waals surface area contributed by atoms with E-state index in [1.54, 1.807) is 19.1 Å². The monoisotopic (exact) mass is 400 g/mol. The van der Waals surface area contributed by atoms with Gasteiger partial charge in [0.25, 0.3) is 0 Å². The maximum absolute atomic E-state index is 13.9. The van der Waals surface area contributed by atoms with E-state index in [0.29, 0.717) is 16.5 Å². The first kappa shape index (κ1) is 18.3. The van der Waals surface area contributed by atoms with E-state index in [2.05, 4.69) is 5.32 Å². The van der Waals surface area contributed by atoms with Crippen LogP contribution in [-0.2, 0) is 0 Å². The Labute approximate surface area is 165 Å². The van der Waals surface area contributed by atoms with E-state index in [0.717, 1.165) is 23.3 Å². The minimum Gasteiger partial charge on any atom is -0.468 e. The molecule has 3 aromatic carbocycles. The minimum atomic E-state index is -0.862. The average Bonchev–Trinajstić information content (AvgIpc) is 2.99. The predicted octanol–water partition coefficient (Wildman–Crippen LogP) is 6.06. The molecule has 0 bridgehead atoms. The van der Waals surface area contributed by atoms with Crippen LogP contribution in [0.4, 0.5) is 25.0 Å². The number of amides is 2. The van der Waals surface area contributed by atoms with Gasteiger partial charge in [0.2, 0.25) is 0 Å². The molecule has 1 aliphatic rings. The molecule has 2 amide bonds. The Morgan fingerprint density at radius 2 is 1.75 bits per heavy atom. The molecule has 28 heavy (non-hydrogen) atoms. The van der Waals surface area contributed by atoms with E-state index >= 15 is 0 Å². The molecule has 1 aliphatic heterocycles. The molecule has 0 saturated heterocycles. The van der Waals surface area contributed by atoms with Gasteiger partial charge in [-0.15, -0.1) is 0 Å². The lowest BCUT2D eigenvalue weighted by Gasteiger charge is -2.21. The van der Waals surface area contributed by atoms with Crippen LogP contribution in [0.25, 0.3) is 11.1 Å². The summed E-state index contributed by atoms with van der Waals surface area (Å²) in [4.78, 5) is 14.0.